The average molecular weight is 315 g/mol. The molecule has 0 amide bonds. The summed E-state index contributed by atoms with van der Waals surface area (Å²) < 4.78 is 43.6. The van der Waals surface area contributed by atoms with Crippen LogP contribution in [0.15, 0.2) is 42.5 Å². The van der Waals surface area contributed by atoms with Crippen LogP contribution in [0, 0.1) is 6.92 Å². The monoisotopic (exact) mass is 314 g/mol. The molecule has 0 aliphatic carbocycles. The van der Waals surface area contributed by atoms with Gasteiger partial charge < -0.3 is 4.74 Å². The first kappa shape index (κ1) is 15.7. The summed E-state index contributed by atoms with van der Waals surface area (Å²) in [6, 6.07) is 10.7. The summed E-state index contributed by atoms with van der Waals surface area (Å²) >= 11 is 5.84. The second kappa shape index (κ2) is 6.39. The minimum Gasteiger partial charge on any atom is -0.488 e. The Kier molecular flexibility index (Phi) is 4.78. The highest BCUT2D eigenvalue weighted by Crippen LogP contribution is 2.30. The molecule has 2 aromatic carbocycles. The van der Waals surface area contributed by atoms with Crippen molar-refractivity contribution in [1.29, 1.82) is 0 Å². The van der Waals surface area contributed by atoms with Gasteiger partial charge in [-0.1, -0.05) is 30.3 Å². The van der Waals surface area contributed by atoms with E-state index in [-0.39, 0.29) is 6.61 Å². The van der Waals surface area contributed by atoms with Crippen LogP contribution in [-0.4, -0.2) is 0 Å². The van der Waals surface area contributed by atoms with Crippen LogP contribution in [0.5, 0.6) is 5.75 Å². The fourth-order valence-electron chi connectivity index (χ4n) is 2.02. The third kappa shape index (κ3) is 3.91. The number of benzene rings is 2. The number of hydrogen-bond acceptors (Lipinski definition) is 1. The number of para-hydroxylation sites is 1. The van der Waals surface area contributed by atoms with Crippen molar-refractivity contribution < 1.29 is 17.9 Å². The third-order valence-electron chi connectivity index (χ3n) is 3.07. The fraction of sp³-hybridized carbons (Fsp3) is 0.250. The predicted molar refractivity (Wildman–Crippen MR) is 76.5 cm³/mol. The Labute approximate surface area is 126 Å². The Morgan fingerprint density at radius 3 is 2.48 bits per heavy atom. The van der Waals surface area contributed by atoms with Gasteiger partial charge in [0.25, 0.3) is 0 Å². The molecule has 2 aromatic rings. The first-order valence-corrected chi connectivity index (χ1v) is 6.88. The van der Waals surface area contributed by atoms with E-state index < -0.39 is 11.7 Å². The normalized spacial score (nSPS) is 11.5. The second-order valence-electron chi connectivity index (χ2n) is 4.68. The summed E-state index contributed by atoms with van der Waals surface area (Å²) in [4.78, 5) is 0. The summed E-state index contributed by atoms with van der Waals surface area (Å²) in [7, 11) is 0. The molecule has 0 aliphatic heterocycles. The van der Waals surface area contributed by atoms with E-state index in [1.165, 1.54) is 6.07 Å². The average Bonchev–Trinajstić information content (AvgIpc) is 2.45. The fourth-order valence-corrected chi connectivity index (χ4v) is 2.23. The van der Waals surface area contributed by atoms with Crippen LogP contribution >= 0.6 is 11.6 Å². The number of hydrogen-bond donors (Lipinski definition) is 0. The van der Waals surface area contributed by atoms with Gasteiger partial charge in [-0.15, -0.1) is 11.6 Å². The van der Waals surface area contributed by atoms with Gasteiger partial charge in [-0.2, -0.15) is 13.2 Å². The molecule has 1 nitrogen and oxygen atoms in total. The number of alkyl halides is 4. The van der Waals surface area contributed by atoms with Crippen LogP contribution in [0.4, 0.5) is 13.2 Å². The van der Waals surface area contributed by atoms with E-state index in [1.807, 2.05) is 25.1 Å². The first-order valence-electron chi connectivity index (χ1n) is 6.35. The minimum absolute atomic E-state index is 0.0681. The smallest absolute Gasteiger partial charge is 0.416 e. The molecule has 0 saturated carbocycles. The molecule has 0 N–H and O–H groups in total. The lowest BCUT2D eigenvalue weighted by Gasteiger charge is -2.14. The minimum atomic E-state index is -4.35. The van der Waals surface area contributed by atoms with E-state index in [9.17, 15) is 13.2 Å². The molecule has 112 valence electrons. The molecule has 21 heavy (non-hydrogen) atoms. The molecule has 0 spiro atoms. The number of halogens is 4. The van der Waals surface area contributed by atoms with Gasteiger partial charge >= 0.3 is 6.18 Å². The lowest BCUT2D eigenvalue weighted by molar-refractivity contribution is -0.137. The quantitative estimate of drug-likeness (QED) is 0.693. The lowest BCUT2D eigenvalue weighted by atomic mass is 10.1. The van der Waals surface area contributed by atoms with Crippen LogP contribution in [0.2, 0.25) is 0 Å². The standard InChI is InChI=1S/C16H14ClF3O/c1-11-4-2-6-13(9-17)15(11)21-10-12-5-3-7-14(8-12)16(18,19)20/h2-8H,9-10H2,1H3. The maximum Gasteiger partial charge on any atom is 0.416 e. The van der Waals surface area contributed by atoms with Crippen LogP contribution in [0.3, 0.4) is 0 Å². The molecule has 0 aromatic heterocycles. The zero-order valence-electron chi connectivity index (χ0n) is 11.4. The molecule has 0 unspecified atom stereocenters. The van der Waals surface area contributed by atoms with Gasteiger partial charge in [0.05, 0.1) is 11.4 Å². The molecule has 0 saturated heterocycles. The van der Waals surface area contributed by atoms with Gasteiger partial charge in [0.2, 0.25) is 0 Å². The van der Waals surface area contributed by atoms with E-state index in [2.05, 4.69) is 0 Å². The summed E-state index contributed by atoms with van der Waals surface area (Å²) in [5.74, 6) is 0.921. The van der Waals surface area contributed by atoms with Gasteiger partial charge in [0, 0.05) is 5.56 Å². The lowest BCUT2D eigenvalue weighted by Crippen LogP contribution is -2.06. The summed E-state index contributed by atoms with van der Waals surface area (Å²) in [5, 5.41) is 0. The largest absolute Gasteiger partial charge is 0.488 e. The molecule has 0 bridgehead atoms. The zero-order chi connectivity index (χ0) is 15.5. The van der Waals surface area contributed by atoms with Gasteiger partial charge in [-0.05, 0) is 30.2 Å². The van der Waals surface area contributed by atoms with Crippen molar-refractivity contribution in [2.75, 3.05) is 0 Å². The first-order chi connectivity index (χ1) is 9.91. The van der Waals surface area contributed by atoms with Gasteiger partial charge in [-0.25, -0.2) is 0 Å². The Morgan fingerprint density at radius 1 is 1.10 bits per heavy atom. The van der Waals surface area contributed by atoms with Crippen molar-refractivity contribution in [3.8, 4) is 5.75 Å². The molecule has 0 aliphatic rings. The molecule has 0 radical (unpaired) electrons. The van der Waals surface area contributed by atoms with Crippen LogP contribution < -0.4 is 4.74 Å². The van der Waals surface area contributed by atoms with E-state index in [4.69, 9.17) is 16.3 Å². The number of ether oxygens (including phenoxy) is 1. The number of aryl methyl sites for hydroxylation is 1. The summed E-state index contributed by atoms with van der Waals surface area (Å²) in [6.07, 6.45) is -4.35. The van der Waals surface area contributed by atoms with Crippen LogP contribution in [0.25, 0.3) is 0 Å². The second-order valence-corrected chi connectivity index (χ2v) is 4.95. The van der Waals surface area contributed by atoms with E-state index in [1.54, 1.807) is 6.07 Å². The molecule has 0 heterocycles. The topological polar surface area (TPSA) is 9.23 Å². The molecule has 5 heteroatoms. The Morgan fingerprint density at radius 2 is 1.81 bits per heavy atom. The van der Waals surface area contributed by atoms with Crippen molar-refractivity contribution in [2.45, 2.75) is 25.6 Å². The maximum atomic E-state index is 12.7. The van der Waals surface area contributed by atoms with Crippen molar-refractivity contribution >= 4 is 11.6 Å². The third-order valence-corrected chi connectivity index (χ3v) is 3.36. The van der Waals surface area contributed by atoms with Gasteiger partial charge in [0.15, 0.2) is 0 Å². The highest BCUT2D eigenvalue weighted by Gasteiger charge is 2.30. The maximum absolute atomic E-state index is 12.7. The van der Waals surface area contributed by atoms with Crippen molar-refractivity contribution in [1.82, 2.24) is 0 Å². The molecule has 2 rings (SSSR count). The van der Waals surface area contributed by atoms with Crippen molar-refractivity contribution in [3.05, 3.63) is 64.7 Å². The van der Waals surface area contributed by atoms with E-state index >= 15 is 0 Å². The van der Waals surface area contributed by atoms with Crippen molar-refractivity contribution in [3.63, 3.8) is 0 Å². The van der Waals surface area contributed by atoms with E-state index in [0.717, 1.165) is 23.3 Å². The predicted octanol–water partition coefficient (Wildman–Crippen LogP) is 5.33. The highest BCUT2D eigenvalue weighted by atomic mass is 35.5. The summed E-state index contributed by atoms with van der Waals surface area (Å²) in [5.41, 5.74) is 1.52. The molecule has 0 fully saturated rings. The Hall–Kier alpha value is -1.68. The Bertz CT molecular complexity index is 623. The van der Waals surface area contributed by atoms with Crippen LogP contribution in [0.1, 0.15) is 22.3 Å². The van der Waals surface area contributed by atoms with Crippen LogP contribution in [-0.2, 0) is 18.7 Å². The molecular weight excluding hydrogens is 301 g/mol. The zero-order valence-corrected chi connectivity index (χ0v) is 12.1. The SMILES string of the molecule is Cc1cccc(CCl)c1OCc1cccc(C(F)(F)F)c1. The Balaban J connectivity index is 2.18. The highest BCUT2D eigenvalue weighted by molar-refractivity contribution is 6.17. The van der Waals surface area contributed by atoms with Gasteiger partial charge in [-0.3, -0.25) is 0 Å². The number of rotatable bonds is 4. The van der Waals surface area contributed by atoms with Gasteiger partial charge in [0.1, 0.15) is 12.4 Å². The summed E-state index contributed by atoms with van der Waals surface area (Å²) in [6.45, 7) is 1.94. The van der Waals surface area contributed by atoms with E-state index in [0.29, 0.717) is 17.2 Å². The molecule has 0 atom stereocenters. The molecular formula is C16H14ClF3O. The van der Waals surface area contributed by atoms with Crippen molar-refractivity contribution in [2.24, 2.45) is 0 Å².